The Bertz CT molecular complexity index is 436. The van der Waals surface area contributed by atoms with Gasteiger partial charge in [-0.1, -0.05) is 57.3 Å². The van der Waals surface area contributed by atoms with Gasteiger partial charge >= 0.3 is 0 Å². The van der Waals surface area contributed by atoms with Gasteiger partial charge in [0.25, 0.3) is 0 Å². The fourth-order valence-corrected chi connectivity index (χ4v) is 3.54. The van der Waals surface area contributed by atoms with Crippen molar-refractivity contribution >= 4 is 6.29 Å². The van der Waals surface area contributed by atoms with Gasteiger partial charge in [0.2, 0.25) is 0 Å². The second kappa shape index (κ2) is 8.79. The van der Waals surface area contributed by atoms with E-state index in [1.165, 1.54) is 32.1 Å². The molecule has 0 aromatic rings. The molecule has 3 heteroatoms. The number of allylic oxidation sites excluding steroid dienone is 4. The molecule has 2 rings (SSSR count). The highest BCUT2D eigenvalue weighted by molar-refractivity contribution is 5.77. The van der Waals surface area contributed by atoms with Gasteiger partial charge in [-0.3, -0.25) is 4.79 Å². The van der Waals surface area contributed by atoms with Crippen LogP contribution in [0.3, 0.4) is 0 Å². The molecule has 0 amide bonds. The van der Waals surface area contributed by atoms with Crippen LogP contribution in [-0.4, -0.2) is 24.3 Å². The third-order valence-corrected chi connectivity index (χ3v) is 4.77. The van der Waals surface area contributed by atoms with Gasteiger partial charge < -0.3 is 9.47 Å². The van der Waals surface area contributed by atoms with Crippen molar-refractivity contribution in [3.8, 4) is 0 Å². The van der Waals surface area contributed by atoms with Gasteiger partial charge in [0.15, 0.2) is 5.79 Å². The van der Waals surface area contributed by atoms with Crippen LogP contribution in [0.15, 0.2) is 23.8 Å². The lowest BCUT2D eigenvalue weighted by Gasteiger charge is -2.22. The van der Waals surface area contributed by atoms with E-state index in [0.717, 1.165) is 31.1 Å². The van der Waals surface area contributed by atoms with E-state index in [4.69, 9.17) is 9.47 Å². The predicted octanol–water partition coefficient (Wildman–Crippen LogP) is 4.96. The molecule has 2 unspecified atom stereocenters. The Balaban J connectivity index is 1.81. The highest BCUT2D eigenvalue weighted by atomic mass is 16.7. The van der Waals surface area contributed by atoms with Crippen LogP contribution in [0.2, 0.25) is 0 Å². The van der Waals surface area contributed by atoms with Crippen molar-refractivity contribution in [2.45, 2.75) is 90.1 Å². The fraction of sp³-hybridized carbons (Fsp3) is 0.750. The van der Waals surface area contributed by atoms with Gasteiger partial charge in [-0.05, 0) is 39.0 Å². The van der Waals surface area contributed by atoms with Crippen LogP contribution in [0, 0.1) is 5.92 Å². The van der Waals surface area contributed by atoms with E-state index in [-0.39, 0.29) is 12.2 Å². The van der Waals surface area contributed by atoms with Crippen molar-refractivity contribution < 1.29 is 14.3 Å². The summed E-state index contributed by atoms with van der Waals surface area (Å²) in [6, 6.07) is 0. The second-order valence-corrected chi connectivity index (χ2v) is 7.33. The summed E-state index contributed by atoms with van der Waals surface area (Å²) < 4.78 is 12.3. The summed E-state index contributed by atoms with van der Waals surface area (Å²) >= 11 is 0. The highest BCUT2D eigenvalue weighted by Crippen LogP contribution is 2.35. The maximum absolute atomic E-state index is 10.8. The Morgan fingerprint density at radius 2 is 1.91 bits per heavy atom. The first-order valence-corrected chi connectivity index (χ1v) is 9.23. The average molecular weight is 320 g/mol. The van der Waals surface area contributed by atoms with Crippen molar-refractivity contribution in [2.24, 2.45) is 5.92 Å². The minimum absolute atomic E-state index is 0.164. The number of aldehydes is 1. The first-order valence-electron chi connectivity index (χ1n) is 9.23. The zero-order valence-corrected chi connectivity index (χ0v) is 14.9. The summed E-state index contributed by atoms with van der Waals surface area (Å²) in [7, 11) is 0. The largest absolute Gasteiger partial charge is 0.345 e. The Labute approximate surface area is 141 Å². The number of carbonyl (C=O) groups is 1. The number of unbranched alkanes of at least 4 members (excludes halogenated alkanes) is 4. The molecule has 1 aliphatic heterocycles. The van der Waals surface area contributed by atoms with E-state index >= 15 is 0 Å². The predicted molar refractivity (Wildman–Crippen MR) is 93.2 cm³/mol. The SMILES string of the molecule is CCCCCCCC1OC(C)(C)O[C@@H]1CC1C=CC(C=O)=CC1. The lowest BCUT2D eigenvalue weighted by atomic mass is 9.89. The topological polar surface area (TPSA) is 35.5 Å². The molecular weight excluding hydrogens is 288 g/mol. The number of carbonyl (C=O) groups excluding carboxylic acids is 1. The van der Waals surface area contributed by atoms with Gasteiger partial charge in [0, 0.05) is 5.57 Å². The standard InChI is InChI=1S/C20H32O3/c1-4-5-6-7-8-9-18-19(23-20(2,3)22-18)14-16-10-12-17(15-21)13-11-16/h10,12-13,15-16,18-19H,4-9,11,14H2,1-3H3/t16?,18?,19-/m1/s1. The van der Waals surface area contributed by atoms with E-state index < -0.39 is 5.79 Å². The Kier molecular flexibility index (Phi) is 7.04. The number of hydrogen-bond acceptors (Lipinski definition) is 3. The average Bonchev–Trinajstić information content (AvgIpc) is 2.82. The maximum Gasteiger partial charge on any atom is 0.163 e. The third-order valence-electron chi connectivity index (χ3n) is 4.77. The summed E-state index contributed by atoms with van der Waals surface area (Å²) in [5.41, 5.74) is 0.789. The molecule has 130 valence electrons. The minimum Gasteiger partial charge on any atom is -0.345 e. The van der Waals surface area contributed by atoms with Crippen LogP contribution in [0.1, 0.15) is 72.1 Å². The lowest BCUT2D eigenvalue weighted by molar-refractivity contribution is -0.147. The van der Waals surface area contributed by atoms with Crippen LogP contribution < -0.4 is 0 Å². The smallest absolute Gasteiger partial charge is 0.163 e. The summed E-state index contributed by atoms with van der Waals surface area (Å²) in [6.45, 7) is 6.27. The summed E-state index contributed by atoms with van der Waals surface area (Å²) in [6.07, 6.45) is 16.8. The molecular formula is C20H32O3. The number of ether oxygens (including phenoxy) is 2. The van der Waals surface area contributed by atoms with Crippen molar-refractivity contribution in [3.05, 3.63) is 23.8 Å². The van der Waals surface area contributed by atoms with E-state index in [1.54, 1.807) is 0 Å². The van der Waals surface area contributed by atoms with Gasteiger partial charge in [-0.2, -0.15) is 0 Å². The fourth-order valence-electron chi connectivity index (χ4n) is 3.54. The second-order valence-electron chi connectivity index (χ2n) is 7.33. The molecule has 0 radical (unpaired) electrons. The molecule has 0 N–H and O–H groups in total. The normalized spacial score (nSPS) is 29.5. The Morgan fingerprint density at radius 3 is 2.57 bits per heavy atom. The Morgan fingerprint density at radius 1 is 1.17 bits per heavy atom. The quantitative estimate of drug-likeness (QED) is 0.445. The molecule has 1 saturated heterocycles. The lowest BCUT2D eigenvalue weighted by Crippen LogP contribution is -2.25. The molecule has 0 bridgehead atoms. The summed E-state index contributed by atoms with van der Waals surface area (Å²) in [4.78, 5) is 10.8. The molecule has 1 heterocycles. The van der Waals surface area contributed by atoms with Crippen LogP contribution in [-0.2, 0) is 14.3 Å². The van der Waals surface area contributed by atoms with Crippen molar-refractivity contribution in [1.82, 2.24) is 0 Å². The zero-order chi connectivity index (χ0) is 16.7. The van der Waals surface area contributed by atoms with Crippen LogP contribution >= 0.6 is 0 Å². The van der Waals surface area contributed by atoms with Crippen molar-refractivity contribution in [3.63, 3.8) is 0 Å². The number of hydrogen-bond donors (Lipinski definition) is 0. The maximum atomic E-state index is 10.8. The molecule has 2 aliphatic rings. The van der Waals surface area contributed by atoms with Gasteiger partial charge in [-0.15, -0.1) is 0 Å². The van der Waals surface area contributed by atoms with E-state index in [1.807, 2.05) is 26.0 Å². The molecule has 23 heavy (non-hydrogen) atoms. The van der Waals surface area contributed by atoms with Gasteiger partial charge in [0.1, 0.15) is 6.29 Å². The van der Waals surface area contributed by atoms with Crippen LogP contribution in [0.4, 0.5) is 0 Å². The number of rotatable bonds is 9. The monoisotopic (exact) mass is 320 g/mol. The first-order chi connectivity index (χ1) is 11.0. The zero-order valence-electron chi connectivity index (χ0n) is 14.9. The first kappa shape index (κ1) is 18.4. The third kappa shape index (κ3) is 5.89. The van der Waals surface area contributed by atoms with E-state index in [9.17, 15) is 4.79 Å². The Hall–Kier alpha value is -0.930. The molecule has 0 aromatic carbocycles. The van der Waals surface area contributed by atoms with E-state index in [2.05, 4.69) is 13.0 Å². The molecule has 3 atom stereocenters. The highest BCUT2D eigenvalue weighted by Gasteiger charge is 2.41. The van der Waals surface area contributed by atoms with Crippen LogP contribution in [0.25, 0.3) is 0 Å². The van der Waals surface area contributed by atoms with Crippen LogP contribution in [0.5, 0.6) is 0 Å². The molecule has 3 nitrogen and oxygen atoms in total. The molecule has 1 aliphatic carbocycles. The molecule has 0 saturated carbocycles. The van der Waals surface area contributed by atoms with Crippen molar-refractivity contribution in [1.29, 1.82) is 0 Å². The van der Waals surface area contributed by atoms with Crippen molar-refractivity contribution in [2.75, 3.05) is 0 Å². The molecule has 0 aromatic heterocycles. The summed E-state index contributed by atoms with van der Waals surface area (Å²) in [5.74, 6) is -0.0233. The molecule has 0 spiro atoms. The van der Waals surface area contributed by atoms with E-state index in [0.29, 0.717) is 5.92 Å². The minimum atomic E-state index is -0.471. The van der Waals surface area contributed by atoms with Gasteiger partial charge in [-0.25, -0.2) is 0 Å². The molecule has 1 fully saturated rings. The summed E-state index contributed by atoms with van der Waals surface area (Å²) in [5, 5.41) is 0. The van der Waals surface area contributed by atoms with Gasteiger partial charge in [0.05, 0.1) is 12.2 Å².